The van der Waals surface area contributed by atoms with Gasteiger partial charge in [0.2, 0.25) is 0 Å². The van der Waals surface area contributed by atoms with Gasteiger partial charge in [-0.2, -0.15) is 0 Å². The van der Waals surface area contributed by atoms with Crippen LogP contribution in [0.4, 0.5) is 11.4 Å². The van der Waals surface area contributed by atoms with Gasteiger partial charge in [0.05, 0.1) is 11.3 Å². The van der Waals surface area contributed by atoms with Crippen LogP contribution in [0.2, 0.25) is 0 Å². The average molecular weight is 343 g/mol. The fourth-order valence-electron chi connectivity index (χ4n) is 3.35. The van der Waals surface area contributed by atoms with Crippen LogP contribution in [-0.4, -0.2) is 24.5 Å². The van der Waals surface area contributed by atoms with Crippen LogP contribution in [0.5, 0.6) is 0 Å². The second kappa shape index (κ2) is 7.00. The summed E-state index contributed by atoms with van der Waals surface area (Å²) in [7, 11) is 2.09. The van der Waals surface area contributed by atoms with E-state index in [2.05, 4.69) is 34.4 Å². The lowest BCUT2D eigenvalue weighted by Crippen LogP contribution is -2.24. The Morgan fingerprint density at radius 1 is 1.08 bits per heavy atom. The van der Waals surface area contributed by atoms with Crippen molar-refractivity contribution in [3.63, 3.8) is 0 Å². The first kappa shape index (κ1) is 16.3. The van der Waals surface area contributed by atoms with Crippen molar-refractivity contribution in [2.45, 2.75) is 12.8 Å². The average Bonchev–Trinajstić information content (AvgIpc) is 2.69. The Morgan fingerprint density at radius 2 is 1.92 bits per heavy atom. The number of hydrogen-bond acceptors (Lipinski definition) is 3. The largest absolute Gasteiger partial charge is 0.374 e. The molecule has 26 heavy (non-hydrogen) atoms. The number of aryl methyl sites for hydroxylation is 1. The summed E-state index contributed by atoms with van der Waals surface area (Å²) in [6.07, 6.45) is 3.90. The Kier molecular flexibility index (Phi) is 4.40. The molecule has 2 heterocycles. The number of nitrogens with one attached hydrogen (secondary N) is 1. The second-order valence-corrected chi connectivity index (χ2v) is 6.62. The molecule has 0 unspecified atom stereocenters. The van der Waals surface area contributed by atoms with Crippen LogP contribution >= 0.6 is 0 Å². The molecule has 4 heteroatoms. The van der Waals surface area contributed by atoms with E-state index in [9.17, 15) is 4.79 Å². The molecule has 2 aromatic carbocycles. The highest BCUT2D eigenvalue weighted by molar-refractivity contribution is 6.04. The highest BCUT2D eigenvalue weighted by Gasteiger charge is 2.15. The third-order valence-corrected chi connectivity index (χ3v) is 4.79. The zero-order valence-electron chi connectivity index (χ0n) is 14.8. The van der Waals surface area contributed by atoms with Crippen molar-refractivity contribution in [2.24, 2.45) is 0 Å². The Bertz CT molecular complexity index is 920. The van der Waals surface area contributed by atoms with Gasteiger partial charge < -0.3 is 10.2 Å². The number of carbonyl (C=O) groups is 1. The van der Waals surface area contributed by atoms with Crippen LogP contribution in [0.1, 0.15) is 22.3 Å². The Hall–Kier alpha value is -3.14. The molecule has 0 atom stereocenters. The SMILES string of the molecule is CN1CCCc2ccc(NC(=O)c3ccc(-c4ccccc4)nc3)cc21. The number of anilines is 2. The summed E-state index contributed by atoms with van der Waals surface area (Å²) < 4.78 is 0. The fourth-order valence-corrected chi connectivity index (χ4v) is 3.35. The molecule has 0 aliphatic carbocycles. The summed E-state index contributed by atoms with van der Waals surface area (Å²) in [5.41, 5.74) is 5.80. The number of nitrogens with zero attached hydrogens (tertiary/aromatic N) is 2. The first-order valence-electron chi connectivity index (χ1n) is 8.87. The van der Waals surface area contributed by atoms with Crippen molar-refractivity contribution in [3.05, 3.63) is 78.0 Å². The molecule has 1 aromatic heterocycles. The van der Waals surface area contributed by atoms with E-state index in [1.807, 2.05) is 48.5 Å². The molecule has 0 saturated heterocycles. The third kappa shape index (κ3) is 3.31. The number of amides is 1. The quantitative estimate of drug-likeness (QED) is 0.767. The van der Waals surface area contributed by atoms with Crippen molar-refractivity contribution in [3.8, 4) is 11.3 Å². The lowest BCUT2D eigenvalue weighted by molar-refractivity contribution is 0.102. The van der Waals surface area contributed by atoms with Gasteiger partial charge in [0.15, 0.2) is 0 Å². The van der Waals surface area contributed by atoms with Crippen molar-refractivity contribution < 1.29 is 4.79 Å². The van der Waals surface area contributed by atoms with Crippen LogP contribution in [0.15, 0.2) is 66.9 Å². The molecule has 0 saturated carbocycles. The maximum atomic E-state index is 12.5. The van der Waals surface area contributed by atoms with Gasteiger partial charge in [0, 0.05) is 36.7 Å². The van der Waals surface area contributed by atoms with E-state index < -0.39 is 0 Å². The molecule has 1 aliphatic rings. The maximum Gasteiger partial charge on any atom is 0.257 e. The van der Waals surface area contributed by atoms with Gasteiger partial charge in [0.25, 0.3) is 5.91 Å². The van der Waals surface area contributed by atoms with E-state index in [1.54, 1.807) is 6.20 Å². The lowest BCUT2D eigenvalue weighted by atomic mass is 10.0. The molecule has 130 valence electrons. The maximum absolute atomic E-state index is 12.5. The second-order valence-electron chi connectivity index (χ2n) is 6.62. The van der Waals surface area contributed by atoms with Crippen molar-refractivity contribution in [2.75, 3.05) is 23.8 Å². The van der Waals surface area contributed by atoms with Crippen LogP contribution in [0, 0.1) is 0 Å². The number of hydrogen-bond donors (Lipinski definition) is 1. The van der Waals surface area contributed by atoms with Gasteiger partial charge in [-0.1, -0.05) is 36.4 Å². The number of rotatable bonds is 3. The molecule has 3 aromatic rings. The molecule has 1 amide bonds. The molecule has 1 aliphatic heterocycles. The van der Waals surface area contributed by atoms with Gasteiger partial charge in [-0.05, 0) is 42.7 Å². The van der Waals surface area contributed by atoms with Gasteiger partial charge in [0.1, 0.15) is 0 Å². The molecule has 0 bridgehead atoms. The van der Waals surface area contributed by atoms with E-state index in [0.717, 1.165) is 29.9 Å². The van der Waals surface area contributed by atoms with E-state index in [1.165, 1.54) is 17.7 Å². The molecule has 4 rings (SSSR count). The summed E-state index contributed by atoms with van der Waals surface area (Å²) in [6, 6.07) is 19.8. The van der Waals surface area contributed by atoms with Crippen LogP contribution in [0.3, 0.4) is 0 Å². The third-order valence-electron chi connectivity index (χ3n) is 4.79. The first-order valence-corrected chi connectivity index (χ1v) is 8.87. The van der Waals surface area contributed by atoms with Crippen molar-refractivity contribution in [1.29, 1.82) is 0 Å². The number of aromatic nitrogens is 1. The minimum Gasteiger partial charge on any atom is -0.374 e. The van der Waals surface area contributed by atoms with Gasteiger partial charge in [-0.25, -0.2) is 0 Å². The Morgan fingerprint density at radius 3 is 2.69 bits per heavy atom. The molecule has 4 nitrogen and oxygen atoms in total. The zero-order chi connectivity index (χ0) is 17.9. The Balaban J connectivity index is 1.51. The molecule has 1 N–H and O–H groups in total. The minimum absolute atomic E-state index is 0.143. The number of pyridine rings is 1. The predicted octanol–water partition coefficient (Wildman–Crippen LogP) is 4.38. The highest BCUT2D eigenvalue weighted by Crippen LogP contribution is 2.29. The van der Waals surface area contributed by atoms with E-state index in [0.29, 0.717) is 5.56 Å². The van der Waals surface area contributed by atoms with Crippen molar-refractivity contribution in [1.82, 2.24) is 4.98 Å². The normalized spacial score (nSPS) is 13.2. The molecule has 0 radical (unpaired) electrons. The summed E-state index contributed by atoms with van der Waals surface area (Å²) in [5, 5.41) is 2.98. The molecular formula is C22H21N3O. The lowest BCUT2D eigenvalue weighted by Gasteiger charge is -2.28. The fraction of sp³-hybridized carbons (Fsp3) is 0.182. The summed E-state index contributed by atoms with van der Waals surface area (Å²) in [5.74, 6) is -0.143. The minimum atomic E-state index is -0.143. The summed E-state index contributed by atoms with van der Waals surface area (Å²) >= 11 is 0. The van der Waals surface area contributed by atoms with E-state index >= 15 is 0 Å². The number of benzene rings is 2. The van der Waals surface area contributed by atoms with Gasteiger partial charge in [-0.3, -0.25) is 9.78 Å². The van der Waals surface area contributed by atoms with Crippen LogP contribution < -0.4 is 10.2 Å². The predicted molar refractivity (Wildman–Crippen MR) is 106 cm³/mol. The topological polar surface area (TPSA) is 45.2 Å². The highest BCUT2D eigenvalue weighted by atomic mass is 16.1. The number of carbonyl (C=O) groups excluding carboxylic acids is 1. The zero-order valence-corrected chi connectivity index (χ0v) is 14.8. The summed E-state index contributed by atoms with van der Waals surface area (Å²) in [4.78, 5) is 19.2. The molecular weight excluding hydrogens is 322 g/mol. The first-order chi connectivity index (χ1) is 12.7. The van der Waals surface area contributed by atoms with E-state index in [-0.39, 0.29) is 5.91 Å². The molecule has 0 fully saturated rings. The molecule has 0 spiro atoms. The van der Waals surface area contributed by atoms with Gasteiger partial charge in [-0.15, -0.1) is 0 Å². The number of fused-ring (bicyclic) bond motifs is 1. The standard InChI is InChI=1S/C22H21N3O/c1-25-13-5-8-17-9-11-19(14-21(17)25)24-22(26)18-10-12-20(23-15-18)16-6-3-2-4-7-16/h2-4,6-7,9-12,14-15H,5,8,13H2,1H3,(H,24,26). The summed E-state index contributed by atoms with van der Waals surface area (Å²) in [6.45, 7) is 1.05. The van der Waals surface area contributed by atoms with Gasteiger partial charge >= 0.3 is 0 Å². The van der Waals surface area contributed by atoms with Crippen molar-refractivity contribution >= 4 is 17.3 Å². The van der Waals surface area contributed by atoms with Crippen LogP contribution in [-0.2, 0) is 6.42 Å². The monoisotopic (exact) mass is 343 g/mol. The van der Waals surface area contributed by atoms with E-state index in [4.69, 9.17) is 0 Å². The Labute approximate surface area is 153 Å². The smallest absolute Gasteiger partial charge is 0.257 e. The van der Waals surface area contributed by atoms with Crippen LogP contribution in [0.25, 0.3) is 11.3 Å².